The highest BCUT2D eigenvalue weighted by Crippen LogP contribution is 2.27. The maximum Gasteiger partial charge on any atom is 0.187 e. The van der Waals surface area contributed by atoms with Crippen molar-refractivity contribution in [1.29, 1.82) is 0 Å². The standard InChI is InChI=1S/C18H22FN3O2/c1-2-15-17(19)18(21-12-20-15)22-8-9-24-11-14(22)10-16(23)13-6-4-3-5-7-13/h3-7,12,14,16,23H,2,8-11H2,1H3. The van der Waals surface area contributed by atoms with Crippen molar-refractivity contribution >= 4 is 5.82 Å². The van der Waals surface area contributed by atoms with Gasteiger partial charge in [-0.15, -0.1) is 0 Å². The zero-order valence-corrected chi connectivity index (χ0v) is 13.7. The number of anilines is 1. The van der Waals surface area contributed by atoms with E-state index in [2.05, 4.69) is 9.97 Å². The molecule has 128 valence electrons. The molecule has 0 saturated carbocycles. The van der Waals surface area contributed by atoms with Crippen molar-refractivity contribution in [3.8, 4) is 0 Å². The normalized spacial score (nSPS) is 19.3. The van der Waals surface area contributed by atoms with Crippen LogP contribution in [0.5, 0.6) is 0 Å². The molecule has 0 radical (unpaired) electrons. The van der Waals surface area contributed by atoms with Gasteiger partial charge in [-0.2, -0.15) is 0 Å². The average molecular weight is 331 g/mol. The first-order valence-electron chi connectivity index (χ1n) is 8.27. The van der Waals surface area contributed by atoms with Crippen LogP contribution in [0.4, 0.5) is 10.2 Å². The molecule has 6 heteroatoms. The van der Waals surface area contributed by atoms with Gasteiger partial charge in [-0.1, -0.05) is 37.3 Å². The van der Waals surface area contributed by atoms with Gasteiger partial charge in [-0.05, 0) is 12.0 Å². The number of aliphatic hydroxyl groups is 1. The Bertz CT molecular complexity index is 669. The van der Waals surface area contributed by atoms with E-state index in [4.69, 9.17) is 4.74 Å². The summed E-state index contributed by atoms with van der Waals surface area (Å²) in [6.45, 7) is 3.37. The molecule has 1 aromatic carbocycles. The molecule has 0 bridgehead atoms. The van der Waals surface area contributed by atoms with Crippen LogP contribution >= 0.6 is 0 Å². The smallest absolute Gasteiger partial charge is 0.187 e. The Hall–Kier alpha value is -2.05. The maximum absolute atomic E-state index is 14.6. The Labute approximate surface area is 141 Å². The van der Waals surface area contributed by atoms with E-state index >= 15 is 0 Å². The van der Waals surface area contributed by atoms with E-state index in [0.29, 0.717) is 44.1 Å². The highest BCUT2D eigenvalue weighted by atomic mass is 19.1. The predicted molar refractivity (Wildman–Crippen MR) is 89.3 cm³/mol. The monoisotopic (exact) mass is 331 g/mol. The Balaban J connectivity index is 1.81. The van der Waals surface area contributed by atoms with Gasteiger partial charge in [0.2, 0.25) is 0 Å². The molecule has 0 aliphatic carbocycles. The number of hydrogen-bond acceptors (Lipinski definition) is 5. The number of benzene rings is 1. The van der Waals surface area contributed by atoms with Gasteiger partial charge in [0.1, 0.15) is 6.33 Å². The Morgan fingerprint density at radius 2 is 2.12 bits per heavy atom. The molecule has 5 nitrogen and oxygen atoms in total. The number of aromatic nitrogens is 2. The molecule has 1 saturated heterocycles. The maximum atomic E-state index is 14.6. The number of hydrogen-bond donors (Lipinski definition) is 1. The van der Waals surface area contributed by atoms with E-state index in [9.17, 15) is 9.50 Å². The number of morpholine rings is 1. The zero-order valence-electron chi connectivity index (χ0n) is 13.7. The lowest BCUT2D eigenvalue weighted by Crippen LogP contribution is -2.47. The van der Waals surface area contributed by atoms with Crippen LogP contribution in [0.2, 0.25) is 0 Å². The first-order valence-corrected chi connectivity index (χ1v) is 8.27. The van der Waals surface area contributed by atoms with Gasteiger partial charge in [0.25, 0.3) is 0 Å². The van der Waals surface area contributed by atoms with Crippen molar-refractivity contribution in [3.05, 3.63) is 53.7 Å². The summed E-state index contributed by atoms with van der Waals surface area (Å²) in [6.07, 6.45) is 1.74. The molecule has 0 amide bonds. The molecule has 1 fully saturated rings. The van der Waals surface area contributed by atoms with E-state index in [-0.39, 0.29) is 11.9 Å². The van der Waals surface area contributed by atoms with Gasteiger partial charge in [-0.3, -0.25) is 0 Å². The fourth-order valence-electron chi connectivity index (χ4n) is 3.04. The molecular weight excluding hydrogens is 309 g/mol. The van der Waals surface area contributed by atoms with Crippen LogP contribution in [0.3, 0.4) is 0 Å². The van der Waals surface area contributed by atoms with Crippen LogP contribution in [-0.4, -0.2) is 40.9 Å². The molecule has 2 atom stereocenters. The molecular formula is C18H22FN3O2. The van der Waals surface area contributed by atoms with Gasteiger partial charge in [0.15, 0.2) is 11.6 Å². The van der Waals surface area contributed by atoms with Crippen LogP contribution in [0.25, 0.3) is 0 Å². The Morgan fingerprint density at radius 3 is 2.88 bits per heavy atom. The highest BCUT2D eigenvalue weighted by Gasteiger charge is 2.29. The molecule has 1 N–H and O–H groups in total. The van der Waals surface area contributed by atoms with Crippen LogP contribution in [-0.2, 0) is 11.2 Å². The van der Waals surface area contributed by atoms with E-state index < -0.39 is 6.10 Å². The lowest BCUT2D eigenvalue weighted by molar-refractivity contribution is 0.0672. The molecule has 24 heavy (non-hydrogen) atoms. The third kappa shape index (κ3) is 3.55. The van der Waals surface area contributed by atoms with Crippen molar-refractivity contribution in [1.82, 2.24) is 9.97 Å². The first-order chi connectivity index (χ1) is 11.7. The van der Waals surface area contributed by atoms with E-state index in [1.165, 1.54) is 6.33 Å². The summed E-state index contributed by atoms with van der Waals surface area (Å²) in [6, 6.07) is 9.34. The summed E-state index contributed by atoms with van der Waals surface area (Å²) in [5.74, 6) is -0.0727. The van der Waals surface area contributed by atoms with Crippen molar-refractivity contribution in [3.63, 3.8) is 0 Å². The zero-order chi connectivity index (χ0) is 16.9. The minimum Gasteiger partial charge on any atom is -0.388 e. The van der Waals surface area contributed by atoms with Crippen molar-refractivity contribution in [2.75, 3.05) is 24.7 Å². The highest BCUT2D eigenvalue weighted by molar-refractivity contribution is 5.43. The summed E-state index contributed by atoms with van der Waals surface area (Å²) in [4.78, 5) is 10.0. The molecule has 1 aliphatic rings. The number of aryl methyl sites for hydroxylation is 1. The van der Waals surface area contributed by atoms with Crippen molar-refractivity contribution in [2.24, 2.45) is 0 Å². The first kappa shape index (κ1) is 16.8. The molecule has 2 heterocycles. The fourth-order valence-corrected chi connectivity index (χ4v) is 3.04. The second-order valence-corrected chi connectivity index (χ2v) is 5.90. The van der Waals surface area contributed by atoms with Crippen LogP contribution in [0.15, 0.2) is 36.7 Å². The van der Waals surface area contributed by atoms with E-state index in [0.717, 1.165) is 5.56 Å². The lowest BCUT2D eigenvalue weighted by atomic mass is 10.0. The summed E-state index contributed by atoms with van der Waals surface area (Å²) in [7, 11) is 0. The summed E-state index contributed by atoms with van der Waals surface area (Å²) < 4.78 is 20.2. The second kappa shape index (κ2) is 7.68. The minimum atomic E-state index is -0.629. The number of halogens is 1. The molecule has 1 aromatic heterocycles. The quantitative estimate of drug-likeness (QED) is 0.912. The summed E-state index contributed by atoms with van der Waals surface area (Å²) in [5.41, 5.74) is 1.26. The third-order valence-corrected chi connectivity index (χ3v) is 4.36. The molecule has 3 rings (SSSR count). The minimum absolute atomic E-state index is 0.136. The summed E-state index contributed by atoms with van der Waals surface area (Å²) >= 11 is 0. The van der Waals surface area contributed by atoms with Crippen molar-refractivity contribution in [2.45, 2.75) is 31.9 Å². The van der Waals surface area contributed by atoms with Gasteiger partial charge in [-0.25, -0.2) is 14.4 Å². The van der Waals surface area contributed by atoms with E-state index in [1.807, 2.05) is 42.2 Å². The topological polar surface area (TPSA) is 58.5 Å². The average Bonchev–Trinajstić information content (AvgIpc) is 2.63. The molecule has 0 spiro atoms. The van der Waals surface area contributed by atoms with E-state index in [1.54, 1.807) is 0 Å². The van der Waals surface area contributed by atoms with Gasteiger partial charge < -0.3 is 14.7 Å². The largest absolute Gasteiger partial charge is 0.388 e. The fraction of sp³-hybridized carbons (Fsp3) is 0.444. The number of rotatable bonds is 5. The molecule has 2 unspecified atom stereocenters. The van der Waals surface area contributed by atoms with Crippen molar-refractivity contribution < 1.29 is 14.2 Å². The van der Waals surface area contributed by atoms with Gasteiger partial charge >= 0.3 is 0 Å². The number of nitrogens with zero attached hydrogens (tertiary/aromatic N) is 3. The Kier molecular flexibility index (Phi) is 5.37. The van der Waals surface area contributed by atoms with Crippen LogP contribution < -0.4 is 4.90 Å². The molecule has 2 aromatic rings. The van der Waals surface area contributed by atoms with Crippen LogP contribution in [0, 0.1) is 5.82 Å². The third-order valence-electron chi connectivity index (χ3n) is 4.36. The van der Waals surface area contributed by atoms with Gasteiger partial charge in [0, 0.05) is 13.0 Å². The lowest BCUT2D eigenvalue weighted by Gasteiger charge is -2.37. The predicted octanol–water partition coefficient (Wildman–Crippen LogP) is 2.51. The van der Waals surface area contributed by atoms with Gasteiger partial charge in [0.05, 0.1) is 31.1 Å². The Morgan fingerprint density at radius 1 is 1.33 bits per heavy atom. The SMILES string of the molecule is CCc1ncnc(N2CCOCC2CC(O)c2ccccc2)c1F. The number of aliphatic hydroxyl groups excluding tert-OH is 1. The van der Waals surface area contributed by atoms with Crippen LogP contribution in [0.1, 0.15) is 30.7 Å². The second-order valence-electron chi connectivity index (χ2n) is 5.90. The number of ether oxygens (including phenoxy) is 1. The molecule has 1 aliphatic heterocycles. The summed E-state index contributed by atoms with van der Waals surface area (Å²) in [5, 5.41) is 10.5.